The molecule has 134 valence electrons. The van der Waals surface area contributed by atoms with Crippen molar-refractivity contribution in [3.05, 3.63) is 50.5 Å². The number of anilines is 1. The van der Waals surface area contributed by atoms with Gasteiger partial charge in [-0.2, -0.15) is 13.2 Å². The van der Waals surface area contributed by atoms with E-state index in [4.69, 9.17) is 0 Å². The number of aryl methyl sites for hydroxylation is 1. The zero-order valence-electron chi connectivity index (χ0n) is 12.7. The van der Waals surface area contributed by atoms with Crippen molar-refractivity contribution >= 4 is 28.6 Å². The Bertz CT molecular complexity index is 809. The number of thiazole rings is 1. The summed E-state index contributed by atoms with van der Waals surface area (Å²) in [4.78, 5) is 25.6. The zero-order chi connectivity index (χ0) is 18.8. The van der Waals surface area contributed by atoms with Crippen LogP contribution in [0.5, 0.6) is 0 Å². The van der Waals surface area contributed by atoms with Gasteiger partial charge in [-0.1, -0.05) is 6.07 Å². The summed E-state index contributed by atoms with van der Waals surface area (Å²) in [6.07, 6.45) is -6.45. The molecule has 0 radical (unpaired) electrons. The highest BCUT2D eigenvalue weighted by Crippen LogP contribution is 2.43. The van der Waals surface area contributed by atoms with Gasteiger partial charge in [0.2, 0.25) is 11.5 Å². The number of halogens is 3. The van der Waals surface area contributed by atoms with E-state index in [1.807, 2.05) is 0 Å². The van der Waals surface area contributed by atoms with Crippen LogP contribution in [-0.4, -0.2) is 27.1 Å². The second-order valence-electron chi connectivity index (χ2n) is 5.18. The van der Waals surface area contributed by atoms with Crippen molar-refractivity contribution < 1.29 is 28.0 Å². The Labute approximate surface area is 143 Å². The van der Waals surface area contributed by atoms with Gasteiger partial charge in [0, 0.05) is 28.9 Å². The average molecular weight is 375 g/mol. The number of nitrogens with zero attached hydrogens (tertiary/aromatic N) is 2. The summed E-state index contributed by atoms with van der Waals surface area (Å²) in [5, 5.41) is 23.6. The van der Waals surface area contributed by atoms with Gasteiger partial charge in [0.05, 0.1) is 11.3 Å². The SMILES string of the molecule is Cc1csc([C@](O)(CC(=O)Nc2cccc([N+](=O)[O-])c2)C(F)(F)F)n1. The molecule has 2 aromatic rings. The molecule has 0 aliphatic carbocycles. The zero-order valence-corrected chi connectivity index (χ0v) is 13.5. The maximum atomic E-state index is 13.3. The maximum absolute atomic E-state index is 13.3. The maximum Gasteiger partial charge on any atom is 0.424 e. The van der Waals surface area contributed by atoms with Crippen LogP contribution in [-0.2, 0) is 10.4 Å². The van der Waals surface area contributed by atoms with Crippen LogP contribution in [0.2, 0.25) is 0 Å². The molecule has 2 N–H and O–H groups in total. The molecule has 1 aromatic heterocycles. The van der Waals surface area contributed by atoms with Crippen molar-refractivity contribution in [1.82, 2.24) is 4.98 Å². The molecule has 11 heteroatoms. The lowest BCUT2D eigenvalue weighted by atomic mass is 9.99. The summed E-state index contributed by atoms with van der Waals surface area (Å²) >= 11 is 0.588. The molecule has 1 heterocycles. The topological polar surface area (TPSA) is 105 Å². The lowest BCUT2D eigenvalue weighted by Gasteiger charge is -2.27. The lowest BCUT2D eigenvalue weighted by Crippen LogP contribution is -2.45. The molecule has 7 nitrogen and oxygen atoms in total. The summed E-state index contributed by atoms with van der Waals surface area (Å²) in [6, 6.07) is 4.72. The predicted molar refractivity (Wildman–Crippen MR) is 83.1 cm³/mol. The number of nitrogens with one attached hydrogen (secondary N) is 1. The monoisotopic (exact) mass is 375 g/mol. The third kappa shape index (κ3) is 4.12. The van der Waals surface area contributed by atoms with E-state index in [0.29, 0.717) is 11.3 Å². The normalized spacial score (nSPS) is 14.0. The number of amides is 1. The minimum absolute atomic E-state index is 0.0564. The van der Waals surface area contributed by atoms with Gasteiger partial charge in [0.15, 0.2) is 0 Å². The number of alkyl halides is 3. The van der Waals surface area contributed by atoms with Crippen molar-refractivity contribution in [3.8, 4) is 0 Å². The highest BCUT2D eigenvalue weighted by atomic mass is 32.1. The van der Waals surface area contributed by atoms with Gasteiger partial charge in [-0.05, 0) is 13.0 Å². The first kappa shape index (κ1) is 18.8. The summed E-state index contributed by atoms with van der Waals surface area (Å²) in [5.74, 6) is -1.16. The number of hydrogen-bond donors (Lipinski definition) is 2. The standard InChI is InChI=1S/C14H12F3N3O4S/c1-8-7-25-12(18-8)13(22,14(15,16)17)6-11(21)19-9-3-2-4-10(5-9)20(23)24/h2-5,7,22H,6H2,1H3,(H,19,21)/t13-/m1/s1. The number of nitro groups is 1. The first-order chi connectivity index (χ1) is 11.5. The molecule has 0 aliphatic rings. The minimum Gasteiger partial charge on any atom is -0.374 e. The highest BCUT2D eigenvalue weighted by molar-refractivity contribution is 7.09. The Morgan fingerprint density at radius 1 is 1.44 bits per heavy atom. The number of carbonyl (C=O) groups excluding carboxylic acids is 1. The van der Waals surface area contributed by atoms with E-state index < -0.39 is 34.0 Å². The number of carbonyl (C=O) groups is 1. The molecule has 0 fully saturated rings. The average Bonchev–Trinajstić information content (AvgIpc) is 2.93. The van der Waals surface area contributed by atoms with Crippen LogP contribution in [0.25, 0.3) is 0 Å². The van der Waals surface area contributed by atoms with E-state index in [-0.39, 0.29) is 17.1 Å². The molecule has 0 bridgehead atoms. The number of benzene rings is 1. The van der Waals surface area contributed by atoms with Gasteiger partial charge in [-0.3, -0.25) is 14.9 Å². The molecule has 1 amide bonds. The summed E-state index contributed by atoms with van der Waals surface area (Å²) in [5.41, 5.74) is -3.56. The number of aliphatic hydroxyl groups is 1. The number of nitro benzene ring substituents is 1. The van der Waals surface area contributed by atoms with Crippen molar-refractivity contribution in [1.29, 1.82) is 0 Å². The first-order valence-electron chi connectivity index (χ1n) is 6.79. The van der Waals surface area contributed by atoms with E-state index in [1.165, 1.54) is 30.5 Å². The van der Waals surface area contributed by atoms with Crippen molar-refractivity contribution in [2.75, 3.05) is 5.32 Å². The molecule has 1 atom stereocenters. The van der Waals surface area contributed by atoms with Crippen LogP contribution in [0.1, 0.15) is 17.1 Å². The Morgan fingerprint density at radius 3 is 2.64 bits per heavy atom. The van der Waals surface area contributed by atoms with Crippen LogP contribution in [0.15, 0.2) is 29.6 Å². The quantitative estimate of drug-likeness (QED) is 0.617. The third-order valence-corrected chi connectivity index (χ3v) is 4.31. The molecule has 0 spiro atoms. The number of rotatable bonds is 5. The third-order valence-electron chi connectivity index (χ3n) is 3.20. The van der Waals surface area contributed by atoms with Gasteiger partial charge in [0.25, 0.3) is 5.69 Å². The Kier molecular flexibility index (Phi) is 5.09. The summed E-state index contributed by atoms with van der Waals surface area (Å²) in [6.45, 7) is 1.46. The Hall–Kier alpha value is -2.53. The highest BCUT2D eigenvalue weighted by Gasteiger charge is 2.58. The fraction of sp³-hybridized carbons (Fsp3) is 0.286. The Balaban J connectivity index is 2.23. The van der Waals surface area contributed by atoms with Crippen LogP contribution in [0, 0.1) is 17.0 Å². The number of aromatic nitrogens is 1. The van der Waals surface area contributed by atoms with Crippen molar-refractivity contribution in [2.45, 2.75) is 25.1 Å². The molecular weight excluding hydrogens is 363 g/mol. The first-order valence-corrected chi connectivity index (χ1v) is 7.67. The molecule has 0 aliphatic heterocycles. The van der Waals surface area contributed by atoms with E-state index in [1.54, 1.807) is 0 Å². The second kappa shape index (κ2) is 6.76. The van der Waals surface area contributed by atoms with Crippen molar-refractivity contribution in [3.63, 3.8) is 0 Å². The molecule has 25 heavy (non-hydrogen) atoms. The molecule has 0 saturated heterocycles. The van der Waals surface area contributed by atoms with Crippen molar-refractivity contribution in [2.24, 2.45) is 0 Å². The number of non-ortho nitro benzene ring substituents is 1. The van der Waals surface area contributed by atoms with Gasteiger partial charge < -0.3 is 10.4 Å². The van der Waals surface area contributed by atoms with E-state index in [0.717, 1.165) is 6.07 Å². The Morgan fingerprint density at radius 2 is 2.12 bits per heavy atom. The van der Waals surface area contributed by atoms with Gasteiger partial charge in [0.1, 0.15) is 5.01 Å². The lowest BCUT2D eigenvalue weighted by molar-refractivity contribution is -0.384. The fourth-order valence-corrected chi connectivity index (χ4v) is 2.89. The van der Waals surface area contributed by atoms with E-state index in [2.05, 4.69) is 10.3 Å². The number of hydrogen-bond acceptors (Lipinski definition) is 6. The molecular formula is C14H12F3N3O4S. The summed E-state index contributed by atoms with van der Waals surface area (Å²) in [7, 11) is 0. The fourth-order valence-electron chi connectivity index (χ4n) is 1.98. The molecule has 0 saturated carbocycles. The van der Waals surface area contributed by atoms with Crippen LogP contribution in [0.3, 0.4) is 0 Å². The molecule has 1 aromatic carbocycles. The predicted octanol–water partition coefficient (Wildman–Crippen LogP) is 3.14. The second-order valence-corrected chi connectivity index (χ2v) is 6.04. The minimum atomic E-state index is -5.13. The van der Waals surface area contributed by atoms with Crippen LogP contribution in [0.4, 0.5) is 24.5 Å². The smallest absolute Gasteiger partial charge is 0.374 e. The van der Waals surface area contributed by atoms with Gasteiger partial charge in [-0.25, -0.2) is 4.98 Å². The van der Waals surface area contributed by atoms with Crippen LogP contribution >= 0.6 is 11.3 Å². The van der Waals surface area contributed by atoms with E-state index in [9.17, 15) is 33.2 Å². The van der Waals surface area contributed by atoms with Gasteiger partial charge >= 0.3 is 6.18 Å². The largest absolute Gasteiger partial charge is 0.424 e. The van der Waals surface area contributed by atoms with Gasteiger partial charge in [-0.15, -0.1) is 11.3 Å². The van der Waals surface area contributed by atoms with Crippen LogP contribution < -0.4 is 5.32 Å². The summed E-state index contributed by atoms with van der Waals surface area (Å²) < 4.78 is 39.9. The molecule has 2 rings (SSSR count). The molecule has 0 unspecified atom stereocenters. The van der Waals surface area contributed by atoms with E-state index >= 15 is 0 Å².